The molecule has 2 rings (SSSR count). The summed E-state index contributed by atoms with van der Waals surface area (Å²) < 4.78 is 0. The Morgan fingerprint density at radius 2 is 2.06 bits per heavy atom. The fourth-order valence-corrected chi connectivity index (χ4v) is 2.02. The average molecular weight is 244 g/mol. The Hall–Kier alpha value is -1.84. The molecule has 0 radical (unpaired) electrons. The van der Waals surface area contributed by atoms with Gasteiger partial charge in [0, 0.05) is 11.4 Å². The predicted octanol–water partition coefficient (Wildman–Crippen LogP) is 3.20. The van der Waals surface area contributed by atoms with Crippen LogP contribution in [0.25, 0.3) is 10.9 Å². The highest BCUT2D eigenvalue weighted by Gasteiger charge is 2.08. The summed E-state index contributed by atoms with van der Waals surface area (Å²) in [6.45, 7) is 4.37. The maximum absolute atomic E-state index is 5.74. The Bertz CT molecular complexity index is 524. The van der Waals surface area contributed by atoms with Gasteiger partial charge >= 0.3 is 0 Å². The maximum Gasteiger partial charge on any atom is 0.222 e. The summed E-state index contributed by atoms with van der Waals surface area (Å²) in [6, 6.07) is 8.31. The van der Waals surface area contributed by atoms with Gasteiger partial charge in [0.1, 0.15) is 5.82 Å². The van der Waals surface area contributed by atoms with E-state index in [9.17, 15) is 0 Å². The van der Waals surface area contributed by atoms with Crippen LogP contribution in [-0.2, 0) is 0 Å². The van der Waals surface area contributed by atoms with E-state index in [2.05, 4.69) is 29.1 Å². The fourth-order valence-electron chi connectivity index (χ4n) is 2.02. The highest BCUT2D eigenvalue weighted by atomic mass is 15.1. The van der Waals surface area contributed by atoms with Gasteiger partial charge in [0.25, 0.3) is 0 Å². The first-order valence-corrected chi connectivity index (χ1v) is 6.49. The molecule has 18 heavy (non-hydrogen) atoms. The van der Waals surface area contributed by atoms with E-state index in [4.69, 9.17) is 5.73 Å². The predicted molar refractivity (Wildman–Crippen MR) is 76.6 cm³/mol. The van der Waals surface area contributed by atoms with Crippen molar-refractivity contribution in [1.29, 1.82) is 0 Å². The number of hydrogen-bond acceptors (Lipinski definition) is 4. The van der Waals surface area contributed by atoms with Crippen molar-refractivity contribution in [2.24, 2.45) is 0 Å². The van der Waals surface area contributed by atoms with Crippen molar-refractivity contribution in [2.45, 2.75) is 39.2 Å². The summed E-state index contributed by atoms with van der Waals surface area (Å²) in [6.07, 6.45) is 3.56. The number of unbranched alkanes of at least 4 members (excludes halogenated alkanes) is 1. The molecule has 1 unspecified atom stereocenters. The lowest BCUT2D eigenvalue weighted by Crippen LogP contribution is -2.16. The van der Waals surface area contributed by atoms with Crippen LogP contribution in [0.1, 0.15) is 33.1 Å². The Morgan fingerprint density at radius 1 is 1.28 bits per heavy atom. The summed E-state index contributed by atoms with van der Waals surface area (Å²) in [4.78, 5) is 8.54. The van der Waals surface area contributed by atoms with Gasteiger partial charge in [-0.25, -0.2) is 4.98 Å². The summed E-state index contributed by atoms with van der Waals surface area (Å²) in [5.74, 6) is 1.15. The van der Waals surface area contributed by atoms with Crippen LogP contribution in [0.15, 0.2) is 24.3 Å². The third kappa shape index (κ3) is 2.88. The second kappa shape index (κ2) is 5.67. The van der Waals surface area contributed by atoms with Crippen LogP contribution in [0.5, 0.6) is 0 Å². The molecule has 1 atom stereocenters. The molecule has 1 heterocycles. The van der Waals surface area contributed by atoms with E-state index in [1.165, 1.54) is 12.8 Å². The SMILES string of the molecule is CCCCC(C)Nc1nc(N)nc2ccccc12. The van der Waals surface area contributed by atoms with E-state index in [-0.39, 0.29) is 0 Å². The first-order chi connectivity index (χ1) is 8.70. The van der Waals surface area contributed by atoms with Crippen LogP contribution in [0.3, 0.4) is 0 Å². The number of aromatic nitrogens is 2. The Balaban J connectivity index is 2.26. The normalized spacial score (nSPS) is 12.6. The molecule has 0 spiro atoms. The zero-order chi connectivity index (χ0) is 13.0. The first kappa shape index (κ1) is 12.6. The molecule has 0 aliphatic heterocycles. The first-order valence-electron chi connectivity index (χ1n) is 6.49. The van der Waals surface area contributed by atoms with Crippen molar-refractivity contribution >= 4 is 22.7 Å². The lowest BCUT2D eigenvalue weighted by molar-refractivity contribution is 0.644. The number of rotatable bonds is 5. The van der Waals surface area contributed by atoms with Crippen molar-refractivity contribution < 1.29 is 0 Å². The molecule has 0 aliphatic carbocycles. The number of fused-ring (bicyclic) bond motifs is 1. The molecule has 96 valence electrons. The van der Waals surface area contributed by atoms with E-state index in [0.29, 0.717) is 12.0 Å². The number of hydrogen-bond donors (Lipinski definition) is 2. The number of nitrogens with one attached hydrogen (secondary N) is 1. The Morgan fingerprint density at radius 3 is 2.83 bits per heavy atom. The second-order valence-electron chi connectivity index (χ2n) is 4.64. The van der Waals surface area contributed by atoms with Gasteiger partial charge in [-0.2, -0.15) is 4.98 Å². The number of nitrogens with two attached hydrogens (primary N) is 1. The van der Waals surface area contributed by atoms with Gasteiger partial charge in [-0.05, 0) is 25.5 Å². The van der Waals surface area contributed by atoms with Crippen LogP contribution in [0, 0.1) is 0 Å². The van der Waals surface area contributed by atoms with Crippen LogP contribution >= 0.6 is 0 Å². The average Bonchev–Trinajstić information content (AvgIpc) is 2.36. The van der Waals surface area contributed by atoms with Gasteiger partial charge in [-0.1, -0.05) is 31.9 Å². The minimum absolute atomic E-state index is 0.318. The molecule has 0 fully saturated rings. The van der Waals surface area contributed by atoms with E-state index in [1.54, 1.807) is 0 Å². The molecule has 3 N–H and O–H groups in total. The van der Waals surface area contributed by atoms with Crippen molar-refractivity contribution in [3.63, 3.8) is 0 Å². The van der Waals surface area contributed by atoms with Crippen LogP contribution in [0.2, 0.25) is 0 Å². The molecular formula is C14H20N4. The van der Waals surface area contributed by atoms with E-state index in [1.807, 2.05) is 24.3 Å². The number of anilines is 2. The van der Waals surface area contributed by atoms with Gasteiger partial charge in [0.05, 0.1) is 5.52 Å². The van der Waals surface area contributed by atoms with Gasteiger partial charge < -0.3 is 11.1 Å². The maximum atomic E-state index is 5.74. The Kier molecular flexibility index (Phi) is 3.97. The highest BCUT2D eigenvalue weighted by Crippen LogP contribution is 2.22. The number of benzene rings is 1. The topological polar surface area (TPSA) is 63.8 Å². The van der Waals surface area contributed by atoms with Gasteiger partial charge in [0.2, 0.25) is 5.95 Å². The fraction of sp³-hybridized carbons (Fsp3) is 0.429. The highest BCUT2D eigenvalue weighted by molar-refractivity contribution is 5.89. The van der Waals surface area contributed by atoms with E-state index in [0.717, 1.165) is 23.1 Å². The molecule has 0 amide bonds. The number of nitrogens with zero attached hydrogens (tertiary/aromatic N) is 2. The molecule has 1 aromatic carbocycles. The zero-order valence-corrected chi connectivity index (χ0v) is 11.0. The summed E-state index contributed by atoms with van der Waals surface area (Å²) in [5, 5.41) is 4.45. The minimum Gasteiger partial charge on any atom is -0.368 e. The third-order valence-corrected chi connectivity index (χ3v) is 2.99. The van der Waals surface area contributed by atoms with Crippen LogP contribution in [0.4, 0.5) is 11.8 Å². The summed E-state index contributed by atoms with van der Waals surface area (Å²) >= 11 is 0. The van der Waals surface area contributed by atoms with Gasteiger partial charge in [-0.15, -0.1) is 0 Å². The zero-order valence-electron chi connectivity index (χ0n) is 11.0. The monoisotopic (exact) mass is 244 g/mol. The number of nitrogen functional groups attached to an aromatic ring is 1. The number of para-hydroxylation sites is 1. The Labute approximate surface area is 108 Å². The second-order valence-corrected chi connectivity index (χ2v) is 4.64. The molecule has 0 saturated carbocycles. The van der Waals surface area contributed by atoms with Gasteiger partial charge in [-0.3, -0.25) is 0 Å². The lowest BCUT2D eigenvalue weighted by atomic mass is 10.1. The smallest absolute Gasteiger partial charge is 0.222 e. The van der Waals surface area contributed by atoms with Crippen molar-refractivity contribution in [2.75, 3.05) is 11.1 Å². The van der Waals surface area contributed by atoms with Crippen LogP contribution < -0.4 is 11.1 Å². The lowest BCUT2D eigenvalue weighted by Gasteiger charge is -2.15. The summed E-state index contributed by atoms with van der Waals surface area (Å²) in [7, 11) is 0. The van der Waals surface area contributed by atoms with Gasteiger partial charge in [0.15, 0.2) is 0 Å². The molecule has 4 heteroatoms. The van der Waals surface area contributed by atoms with E-state index < -0.39 is 0 Å². The molecule has 0 bridgehead atoms. The minimum atomic E-state index is 0.318. The molecule has 0 saturated heterocycles. The largest absolute Gasteiger partial charge is 0.368 e. The summed E-state index contributed by atoms with van der Waals surface area (Å²) in [5.41, 5.74) is 6.62. The molecule has 4 nitrogen and oxygen atoms in total. The van der Waals surface area contributed by atoms with E-state index >= 15 is 0 Å². The molecule has 0 aliphatic rings. The van der Waals surface area contributed by atoms with Crippen molar-refractivity contribution in [3.05, 3.63) is 24.3 Å². The molecule has 1 aromatic heterocycles. The standard InChI is InChI=1S/C14H20N4/c1-3-4-7-10(2)16-13-11-8-5-6-9-12(11)17-14(15)18-13/h5-6,8-10H,3-4,7H2,1-2H3,(H3,15,16,17,18). The quantitative estimate of drug-likeness (QED) is 0.847. The molecule has 2 aromatic rings. The molecular weight excluding hydrogens is 224 g/mol. The van der Waals surface area contributed by atoms with Crippen LogP contribution in [-0.4, -0.2) is 16.0 Å². The van der Waals surface area contributed by atoms with Crippen molar-refractivity contribution in [1.82, 2.24) is 9.97 Å². The van der Waals surface area contributed by atoms with Crippen molar-refractivity contribution in [3.8, 4) is 0 Å². The third-order valence-electron chi connectivity index (χ3n) is 2.99.